The fourth-order valence-electron chi connectivity index (χ4n) is 4.17. The molecule has 0 fully saturated rings. The Morgan fingerprint density at radius 3 is 2.35 bits per heavy atom. The van der Waals surface area contributed by atoms with Crippen LogP contribution in [0.2, 0.25) is 5.02 Å². The summed E-state index contributed by atoms with van der Waals surface area (Å²) >= 11 is 6.21. The molecule has 6 heteroatoms. The molecular weight excluding hydrogens is 448 g/mol. The molecule has 1 heterocycles. The van der Waals surface area contributed by atoms with Gasteiger partial charge in [-0.25, -0.2) is 4.90 Å². The van der Waals surface area contributed by atoms with Gasteiger partial charge in [-0.15, -0.1) is 0 Å². The molecule has 0 aliphatic carbocycles. The van der Waals surface area contributed by atoms with Gasteiger partial charge in [0.05, 0.1) is 24.1 Å². The molecule has 5 rings (SSSR count). The highest BCUT2D eigenvalue weighted by Gasteiger charge is 2.41. The van der Waals surface area contributed by atoms with E-state index in [0.29, 0.717) is 33.3 Å². The van der Waals surface area contributed by atoms with Gasteiger partial charge in [-0.05, 0) is 42.1 Å². The molecule has 4 aromatic carbocycles. The average molecular weight is 469 g/mol. The third-order valence-corrected chi connectivity index (χ3v) is 6.09. The van der Waals surface area contributed by atoms with Gasteiger partial charge in [-0.3, -0.25) is 9.59 Å². The molecule has 0 saturated heterocycles. The maximum atomic E-state index is 13.8. The Morgan fingerprint density at radius 2 is 1.59 bits per heavy atom. The molecule has 1 N–H and O–H groups in total. The number of carbonyl (C=O) groups excluding carboxylic acids is 2. The number of anilines is 2. The minimum absolute atomic E-state index is 0.169. The van der Waals surface area contributed by atoms with Crippen molar-refractivity contribution in [2.45, 2.75) is 6.92 Å². The van der Waals surface area contributed by atoms with E-state index in [9.17, 15) is 9.59 Å². The van der Waals surface area contributed by atoms with Crippen LogP contribution in [0.15, 0.2) is 90.6 Å². The lowest BCUT2D eigenvalue weighted by molar-refractivity contribution is -0.120. The Kier molecular flexibility index (Phi) is 5.56. The Hall–Kier alpha value is -4.09. The molecule has 0 atom stereocenters. The Balaban J connectivity index is 1.68. The number of hydrogen-bond donors (Lipinski definition) is 1. The Bertz CT molecular complexity index is 1470. The summed E-state index contributed by atoms with van der Waals surface area (Å²) in [4.78, 5) is 28.9. The molecule has 5 nitrogen and oxygen atoms in total. The smallest absolute Gasteiger partial charge is 0.282 e. The molecule has 0 radical (unpaired) electrons. The van der Waals surface area contributed by atoms with E-state index in [4.69, 9.17) is 16.3 Å². The normalized spacial score (nSPS) is 13.7. The second kappa shape index (κ2) is 8.69. The minimum atomic E-state index is -0.445. The number of halogens is 1. The molecule has 168 valence electrons. The highest BCUT2D eigenvalue weighted by atomic mass is 35.5. The molecule has 0 bridgehead atoms. The monoisotopic (exact) mass is 468 g/mol. The number of ether oxygens (including phenoxy) is 1. The largest absolute Gasteiger partial charge is 0.495 e. The lowest BCUT2D eigenvalue weighted by Crippen LogP contribution is -2.32. The van der Waals surface area contributed by atoms with Crippen molar-refractivity contribution in [3.05, 3.63) is 107 Å². The predicted octanol–water partition coefficient (Wildman–Crippen LogP) is 6.21. The molecule has 34 heavy (non-hydrogen) atoms. The second-order valence-electron chi connectivity index (χ2n) is 8.03. The van der Waals surface area contributed by atoms with E-state index >= 15 is 0 Å². The molecule has 1 aliphatic rings. The molecule has 1 aliphatic heterocycles. The lowest BCUT2D eigenvalue weighted by atomic mass is 10.0. The standard InChI is InChI=1S/C28H21ClN2O3/c1-17-10-12-19(13-11-17)25-26(30-22-16-20(29)14-15-24(22)34-2)28(33)31(27(25)32)23-9-5-7-18-6-3-4-8-21(18)23/h3-16,30H,1-2H3. The first-order chi connectivity index (χ1) is 16.5. The number of benzene rings is 4. The molecule has 2 amide bonds. The summed E-state index contributed by atoms with van der Waals surface area (Å²) in [5.74, 6) is -0.336. The van der Waals surface area contributed by atoms with Crippen molar-refractivity contribution in [3.63, 3.8) is 0 Å². The number of methoxy groups -OCH3 is 1. The van der Waals surface area contributed by atoms with Gasteiger partial charge in [0.1, 0.15) is 11.4 Å². The molecule has 0 unspecified atom stereocenters. The fourth-order valence-corrected chi connectivity index (χ4v) is 4.34. The first-order valence-corrected chi connectivity index (χ1v) is 11.1. The third-order valence-electron chi connectivity index (χ3n) is 5.85. The molecule has 4 aromatic rings. The summed E-state index contributed by atoms with van der Waals surface area (Å²) < 4.78 is 5.44. The van der Waals surface area contributed by atoms with Gasteiger partial charge >= 0.3 is 0 Å². The van der Waals surface area contributed by atoms with Crippen LogP contribution in [-0.2, 0) is 9.59 Å². The van der Waals surface area contributed by atoms with Gasteiger partial charge in [0, 0.05) is 10.4 Å². The predicted molar refractivity (Wildman–Crippen MR) is 136 cm³/mol. The van der Waals surface area contributed by atoms with Crippen LogP contribution in [0, 0.1) is 6.92 Å². The van der Waals surface area contributed by atoms with Crippen LogP contribution in [-0.4, -0.2) is 18.9 Å². The second-order valence-corrected chi connectivity index (χ2v) is 8.47. The van der Waals surface area contributed by atoms with E-state index in [-0.39, 0.29) is 5.70 Å². The number of imide groups is 1. The van der Waals surface area contributed by atoms with Crippen LogP contribution >= 0.6 is 11.6 Å². The number of carbonyl (C=O) groups is 2. The summed E-state index contributed by atoms with van der Waals surface area (Å²) in [5.41, 5.74) is 3.19. The van der Waals surface area contributed by atoms with Crippen LogP contribution in [0.5, 0.6) is 5.75 Å². The van der Waals surface area contributed by atoms with Crippen molar-refractivity contribution in [1.82, 2.24) is 0 Å². The first kappa shape index (κ1) is 21.7. The Labute approximate surface area is 202 Å². The van der Waals surface area contributed by atoms with Crippen molar-refractivity contribution in [2.75, 3.05) is 17.3 Å². The zero-order valence-corrected chi connectivity index (χ0v) is 19.4. The summed E-state index contributed by atoms with van der Waals surface area (Å²) in [5, 5.41) is 5.38. The van der Waals surface area contributed by atoms with E-state index in [1.54, 1.807) is 24.3 Å². The number of aryl methyl sites for hydroxylation is 1. The van der Waals surface area contributed by atoms with Crippen LogP contribution < -0.4 is 15.0 Å². The highest BCUT2D eigenvalue weighted by molar-refractivity contribution is 6.47. The zero-order chi connectivity index (χ0) is 23.8. The van der Waals surface area contributed by atoms with Crippen molar-refractivity contribution in [2.24, 2.45) is 0 Å². The third kappa shape index (κ3) is 3.70. The van der Waals surface area contributed by atoms with Crippen molar-refractivity contribution < 1.29 is 14.3 Å². The van der Waals surface area contributed by atoms with E-state index in [1.807, 2.05) is 67.6 Å². The maximum absolute atomic E-state index is 13.8. The van der Waals surface area contributed by atoms with Crippen molar-refractivity contribution in [3.8, 4) is 5.75 Å². The highest BCUT2D eigenvalue weighted by Crippen LogP contribution is 2.38. The number of nitrogens with one attached hydrogen (secondary N) is 1. The molecule has 0 saturated carbocycles. The summed E-state index contributed by atoms with van der Waals surface area (Å²) in [6.45, 7) is 1.97. The fraction of sp³-hybridized carbons (Fsp3) is 0.0714. The van der Waals surface area contributed by atoms with E-state index < -0.39 is 11.8 Å². The van der Waals surface area contributed by atoms with Gasteiger partial charge < -0.3 is 10.1 Å². The number of amides is 2. The quantitative estimate of drug-likeness (QED) is 0.354. The van der Waals surface area contributed by atoms with Gasteiger partial charge in [0.25, 0.3) is 11.8 Å². The van der Waals surface area contributed by atoms with E-state index in [1.165, 1.54) is 12.0 Å². The van der Waals surface area contributed by atoms with E-state index in [0.717, 1.165) is 16.3 Å². The number of rotatable bonds is 5. The van der Waals surface area contributed by atoms with Crippen LogP contribution in [0.4, 0.5) is 11.4 Å². The van der Waals surface area contributed by atoms with Crippen molar-refractivity contribution >= 4 is 51.1 Å². The van der Waals surface area contributed by atoms with Crippen LogP contribution in [0.1, 0.15) is 11.1 Å². The molecule has 0 aromatic heterocycles. The first-order valence-electron chi connectivity index (χ1n) is 10.8. The van der Waals surface area contributed by atoms with Gasteiger partial charge in [-0.1, -0.05) is 77.8 Å². The van der Waals surface area contributed by atoms with Gasteiger partial charge in [-0.2, -0.15) is 0 Å². The average Bonchev–Trinajstić information content (AvgIpc) is 3.08. The molecular formula is C28H21ClN2O3. The van der Waals surface area contributed by atoms with E-state index in [2.05, 4.69) is 5.32 Å². The van der Waals surface area contributed by atoms with Crippen molar-refractivity contribution in [1.29, 1.82) is 0 Å². The van der Waals surface area contributed by atoms with Gasteiger partial charge in [0.2, 0.25) is 0 Å². The lowest BCUT2D eigenvalue weighted by Gasteiger charge is -2.18. The summed E-state index contributed by atoms with van der Waals surface area (Å²) in [6.07, 6.45) is 0. The molecule has 0 spiro atoms. The minimum Gasteiger partial charge on any atom is -0.495 e. The number of hydrogen-bond acceptors (Lipinski definition) is 4. The SMILES string of the molecule is COc1ccc(Cl)cc1NC1=C(c2ccc(C)cc2)C(=O)N(c2cccc3ccccc23)C1=O. The summed E-state index contributed by atoms with van der Waals surface area (Å²) in [6, 6.07) is 25.8. The number of nitrogens with zero attached hydrogens (tertiary/aromatic N) is 1. The summed E-state index contributed by atoms with van der Waals surface area (Å²) in [7, 11) is 1.54. The maximum Gasteiger partial charge on any atom is 0.282 e. The van der Waals surface area contributed by atoms with Crippen LogP contribution in [0.3, 0.4) is 0 Å². The zero-order valence-electron chi connectivity index (χ0n) is 18.6. The van der Waals surface area contributed by atoms with Gasteiger partial charge in [0.15, 0.2) is 0 Å². The Morgan fingerprint density at radius 1 is 0.853 bits per heavy atom. The number of fused-ring (bicyclic) bond motifs is 1. The topological polar surface area (TPSA) is 58.6 Å². The van der Waals surface area contributed by atoms with Crippen LogP contribution in [0.25, 0.3) is 16.3 Å².